The van der Waals surface area contributed by atoms with Crippen LogP contribution in [0.1, 0.15) is 0 Å². The van der Waals surface area contributed by atoms with Gasteiger partial charge in [-0.25, -0.2) is 0 Å². The SMILES string of the molecule is O=C(CSCC(=O)Nc1ccc2[nH]ncc2c1)Nc1cccc(Br)c1. The van der Waals surface area contributed by atoms with Crippen molar-refractivity contribution in [1.82, 2.24) is 10.2 Å². The molecular weight excluding hydrogens is 404 g/mol. The summed E-state index contributed by atoms with van der Waals surface area (Å²) in [7, 11) is 0. The average Bonchev–Trinajstić information content (AvgIpc) is 3.02. The Labute approximate surface area is 156 Å². The lowest BCUT2D eigenvalue weighted by Crippen LogP contribution is -2.18. The summed E-state index contributed by atoms with van der Waals surface area (Å²) in [6.07, 6.45) is 1.70. The molecular formula is C17H15BrN4O2S. The van der Waals surface area contributed by atoms with E-state index in [2.05, 4.69) is 36.8 Å². The fourth-order valence-electron chi connectivity index (χ4n) is 2.22. The first-order valence-corrected chi connectivity index (χ1v) is 9.41. The van der Waals surface area contributed by atoms with Gasteiger partial charge in [0.15, 0.2) is 0 Å². The molecule has 3 N–H and O–H groups in total. The molecule has 0 radical (unpaired) electrons. The number of rotatable bonds is 6. The monoisotopic (exact) mass is 418 g/mol. The first kappa shape index (κ1) is 17.5. The number of carbonyl (C=O) groups excluding carboxylic acids is 2. The van der Waals surface area contributed by atoms with E-state index in [-0.39, 0.29) is 23.3 Å². The van der Waals surface area contributed by atoms with Gasteiger partial charge in [0.05, 0.1) is 23.2 Å². The second kappa shape index (κ2) is 8.17. The van der Waals surface area contributed by atoms with Crippen molar-refractivity contribution in [3.05, 3.63) is 53.1 Å². The fourth-order valence-corrected chi connectivity index (χ4v) is 3.23. The minimum atomic E-state index is -0.150. The van der Waals surface area contributed by atoms with E-state index in [9.17, 15) is 9.59 Å². The number of hydrogen-bond acceptors (Lipinski definition) is 4. The molecule has 0 unspecified atom stereocenters. The van der Waals surface area contributed by atoms with Crippen LogP contribution in [-0.2, 0) is 9.59 Å². The van der Waals surface area contributed by atoms with Crippen molar-refractivity contribution in [2.24, 2.45) is 0 Å². The molecule has 8 heteroatoms. The Morgan fingerprint density at radius 2 is 1.76 bits per heavy atom. The number of benzene rings is 2. The lowest BCUT2D eigenvalue weighted by atomic mass is 10.2. The zero-order valence-electron chi connectivity index (χ0n) is 13.1. The molecule has 0 bridgehead atoms. The van der Waals surface area contributed by atoms with Crippen LogP contribution < -0.4 is 10.6 Å². The van der Waals surface area contributed by atoms with Crippen molar-refractivity contribution in [3.63, 3.8) is 0 Å². The Balaban J connectivity index is 1.43. The Morgan fingerprint density at radius 3 is 2.48 bits per heavy atom. The fraction of sp³-hybridized carbons (Fsp3) is 0.118. The molecule has 6 nitrogen and oxygen atoms in total. The van der Waals surface area contributed by atoms with Gasteiger partial charge in [-0.2, -0.15) is 5.10 Å². The van der Waals surface area contributed by atoms with Gasteiger partial charge in [0, 0.05) is 21.2 Å². The predicted molar refractivity (Wildman–Crippen MR) is 105 cm³/mol. The van der Waals surface area contributed by atoms with Crippen molar-refractivity contribution >= 4 is 61.8 Å². The van der Waals surface area contributed by atoms with Gasteiger partial charge in [-0.05, 0) is 36.4 Å². The first-order chi connectivity index (χ1) is 12.1. The van der Waals surface area contributed by atoms with Gasteiger partial charge in [0.2, 0.25) is 11.8 Å². The van der Waals surface area contributed by atoms with E-state index in [0.717, 1.165) is 21.1 Å². The van der Waals surface area contributed by atoms with Gasteiger partial charge in [-0.1, -0.05) is 22.0 Å². The zero-order chi connectivity index (χ0) is 17.6. The van der Waals surface area contributed by atoms with Crippen LogP contribution >= 0.6 is 27.7 Å². The van der Waals surface area contributed by atoms with E-state index in [1.165, 1.54) is 11.8 Å². The van der Waals surface area contributed by atoms with Crippen LogP contribution in [0.3, 0.4) is 0 Å². The lowest BCUT2D eigenvalue weighted by molar-refractivity contribution is -0.114. The maximum atomic E-state index is 12.0. The summed E-state index contributed by atoms with van der Waals surface area (Å²) in [5.74, 6) is 0.120. The second-order valence-electron chi connectivity index (χ2n) is 5.27. The van der Waals surface area contributed by atoms with Crippen LogP contribution in [0.2, 0.25) is 0 Å². The number of carbonyl (C=O) groups is 2. The number of aromatic nitrogens is 2. The van der Waals surface area contributed by atoms with Crippen LogP contribution in [0, 0.1) is 0 Å². The number of H-pyrrole nitrogens is 1. The maximum Gasteiger partial charge on any atom is 0.234 e. The Kier molecular flexibility index (Phi) is 5.72. The summed E-state index contributed by atoms with van der Waals surface area (Å²) in [6, 6.07) is 12.9. The minimum absolute atomic E-state index is 0.143. The highest BCUT2D eigenvalue weighted by Gasteiger charge is 2.07. The summed E-state index contributed by atoms with van der Waals surface area (Å²) in [5.41, 5.74) is 2.34. The van der Waals surface area contributed by atoms with Crippen molar-refractivity contribution in [2.75, 3.05) is 22.1 Å². The second-order valence-corrected chi connectivity index (χ2v) is 7.17. The lowest BCUT2D eigenvalue weighted by Gasteiger charge is -2.07. The summed E-state index contributed by atoms with van der Waals surface area (Å²) in [5, 5.41) is 13.3. The highest BCUT2D eigenvalue weighted by Crippen LogP contribution is 2.18. The minimum Gasteiger partial charge on any atom is -0.325 e. The van der Waals surface area contributed by atoms with Crippen LogP contribution in [0.4, 0.5) is 11.4 Å². The number of nitrogens with one attached hydrogen (secondary N) is 3. The van der Waals surface area contributed by atoms with Crippen molar-refractivity contribution < 1.29 is 9.59 Å². The Morgan fingerprint density at radius 1 is 1.04 bits per heavy atom. The number of fused-ring (bicyclic) bond motifs is 1. The molecule has 2 aromatic carbocycles. The van der Waals surface area contributed by atoms with Gasteiger partial charge in [-0.3, -0.25) is 14.7 Å². The molecule has 0 fully saturated rings. The van der Waals surface area contributed by atoms with Gasteiger partial charge in [0.1, 0.15) is 0 Å². The van der Waals surface area contributed by atoms with Crippen LogP contribution in [-0.4, -0.2) is 33.5 Å². The molecule has 128 valence electrons. The van der Waals surface area contributed by atoms with E-state index in [1.54, 1.807) is 6.20 Å². The molecule has 3 rings (SSSR count). The summed E-state index contributed by atoms with van der Waals surface area (Å²) in [4.78, 5) is 23.9. The van der Waals surface area contributed by atoms with Crippen molar-refractivity contribution in [1.29, 1.82) is 0 Å². The standard InChI is InChI=1S/C17H15BrN4O2S/c18-12-2-1-3-13(7-12)20-16(23)9-25-10-17(24)21-14-4-5-15-11(6-14)8-19-22-15/h1-8H,9-10H2,(H,19,22)(H,20,23)(H,21,24). The number of halogens is 1. The van der Waals surface area contributed by atoms with E-state index >= 15 is 0 Å². The highest BCUT2D eigenvalue weighted by atomic mass is 79.9. The molecule has 0 aliphatic rings. The summed E-state index contributed by atoms with van der Waals surface area (Å²) < 4.78 is 0.895. The number of thioether (sulfide) groups is 1. The molecule has 0 spiro atoms. The van der Waals surface area contributed by atoms with Gasteiger partial charge < -0.3 is 10.6 Å². The quantitative estimate of drug-likeness (QED) is 0.570. The molecule has 0 atom stereocenters. The van der Waals surface area contributed by atoms with Gasteiger partial charge >= 0.3 is 0 Å². The molecule has 0 saturated carbocycles. The topological polar surface area (TPSA) is 86.9 Å². The molecule has 1 aromatic heterocycles. The van der Waals surface area contributed by atoms with Gasteiger partial charge in [0.25, 0.3) is 0 Å². The Bertz CT molecular complexity index is 912. The molecule has 0 aliphatic heterocycles. The number of nitrogens with zero attached hydrogens (tertiary/aromatic N) is 1. The van der Waals surface area contributed by atoms with Crippen LogP contribution in [0.15, 0.2) is 53.1 Å². The summed E-state index contributed by atoms with van der Waals surface area (Å²) in [6.45, 7) is 0. The number of hydrogen-bond donors (Lipinski definition) is 3. The van der Waals surface area contributed by atoms with E-state index < -0.39 is 0 Å². The first-order valence-electron chi connectivity index (χ1n) is 7.46. The largest absolute Gasteiger partial charge is 0.325 e. The van der Waals surface area contributed by atoms with E-state index in [0.29, 0.717) is 5.69 Å². The third-order valence-corrected chi connectivity index (χ3v) is 4.72. The Hall–Kier alpha value is -2.32. The highest BCUT2D eigenvalue weighted by molar-refractivity contribution is 9.10. The normalized spacial score (nSPS) is 10.6. The van der Waals surface area contributed by atoms with E-state index in [4.69, 9.17) is 0 Å². The predicted octanol–water partition coefficient (Wildman–Crippen LogP) is 3.64. The van der Waals surface area contributed by atoms with Crippen LogP contribution in [0.25, 0.3) is 10.9 Å². The third-order valence-electron chi connectivity index (χ3n) is 3.30. The third kappa shape index (κ3) is 5.07. The van der Waals surface area contributed by atoms with Crippen molar-refractivity contribution in [3.8, 4) is 0 Å². The van der Waals surface area contributed by atoms with Crippen LogP contribution in [0.5, 0.6) is 0 Å². The zero-order valence-corrected chi connectivity index (χ0v) is 15.5. The average molecular weight is 419 g/mol. The number of aromatic amines is 1. The van der Waals surface area contributed by atoms with Crippen molar-refractivity contribution in [2.45, 2.75) is 0 Å². The molecule has 25 heavy (non-hydrogen) atoms. The molecule has 1 heterocycles. The number of amides is 2. The molecule has 2 amide bonds. The molecule has 0 aliphatic carbocycles. The van der Waals surface area contributed by atoms with Gasteiger partial charge in [-0.15, -0.1) is 11.8 Å². The molecule has 3 aromatic rings. The maximum absolute atomic E-state index is 12.0. The summed E-state index contributed by atoms with van der Waals surface area (Å²) >= 11 is 4.62. The number of anilines is 2. The molecule has 0 saturated heterocycles. The van der Waals surface area contributed by atoms with E-state index in [1.807, 2.05) is 42.5 Å². The smallest absolute Gasteiger partial charge is 0.234 e.